The summed E-state index contributed by atoms with van der Waals surface area (Å²) in [5.41, 5.74) is 5.14. The lowest BCUT2D eigenvalue weighted by atomic mass is 9.86. The molecule has 1 aromatic heterocycles. The van der Waals surface area contributed by atoms with Crippen LogP contribution in [0.3, 0.4) is 0 Å². The molecule has 4 aromatic rings. The van der Waals surface area contributed by atoms with Crippen LogP contribution >= 0.6 is 11.3 Å². The van der Waals surface area contributed by atoms with Crippen LogP contribution < -0.4 is 10.6 Å². The number of carbonyl (C=O) groups is 2. The first-order valence-corrected chi connectivity index (χ1v) is 11.2. The minimum atomic E-state index is -0.711. The Morgan fingerprint density at radius 1 is 0.875 bits per heavy atom. The van der Waals surface area contributed by atoms with Crippen LogP contribution in [0.1, 0.15) is 31.9 Å². The van der Waals surface area contributed by atoms with Crippen LogP contribution in [0.4, 0.5) is 11.4 Å². The van der Waals surface area contributed by atoms with Crippen molar-refractivity contribution in [1.29, 1.82) is 0 Å². The van der Waals surface area contributed by atoms with Gasteiger partial charge in [0.25, 0.3) is 0 Å². The van der Waals surface area contributed by atoms with E-state index in [4.69, 9.17) is 0 Å². The standard InChI is InChI=1S/C26H25N3O2S/c1-16-9-14-21-22(15-16)32-25(29-21)17-10-12-18(13-11-17)27-23(30)24(31)28-20-8-6-5-7-19(20)26(2,3)4/h5-15H,1-4H3,(H,27,30)(H,28,31). The molecule has 5 nitrogen and oxygen atoms in total. The van der Waals surface area contributed by atoms with Crippen LogP contribution in [0.5, 0.6) is 0 Å². The van der Waals surface area contributed by atoms with Crippen LogP contribution in [0.15, 0.2) is 66.7 Å². The third-order valence-corrected chi connectivity index (χ3v) is 6.19. The van der Waals surface area contributed by atoms with Gasteiger partial charge in [-0.25, -0.2) is 4.98 Å². The fraction of sp³-hybridized carbons (Fsp3) is 0.192. The lowest BCUT2D eigenvalue weighted by Gasteiger charge is -2.22. The molecule has 4 rings (SSSR count). The Kier molecular flexibility index (Phi) is 5.80. The van der Waals surface area contributed by atoms with E-state index in [1.54, 1.807) is 29.5 Å². The number of benzene rings is 3. The SMILES string of the molecule is Cc1ccc2nc(-c3ccc(NC(=O)C(=O)Nc4ccccc4C(C)(C)C)cc3)sc2c1. The Hall–Kier alpha value is -3.51. The number of thiazole rings is 1. The average molecular weight is 444 g/mol. The first-order valence-electron chi connectivity index (χ1n) is 10.4. The number of nitrogens with one attached hydrogen (secondary N) is 2. The van der Waals surface area contributed by atoms with Crippen molar-refractivity contribution < 1.29 is 9.59 Å². The number of anilines is 2. The van der Waals surface area contributed by atoms with E-state index < -0.39 is 11.8 Å². The number of nitrogens with zero attached hydrogens (tertiary/aromatic N) is 1. The number of fused-ring (bicyclic) bond motifs is 1. The van der Waals surface area contributed by atoms with Gasteiger partial charge >= 0.3 is 11.8 Å². The normalized spacial score (nSPS) is 11.4. The lowest BCUT2D eigenvalue weighted by Crippen LogP contribution is -2.30. The molecule has 0 aliphatic heterocycles. The van der Waals surface area contributed by atoms with E-state index in [0.717, 1.165) is 26.4 Å². The van der Waals surface area contributed by atoms with Gasteiger partial charge in [-0.2, -0.15) is 0 Å². The predicted molar refractivity (Wildman–Crippen MR) is 132 cm³/mol. The molecule has 6 heteroatoms. The van der Waals surface area contributed by atoms with Crippen molar-refractivity contribution >= 4 is 44.7 Å². The zero-order valence-corrected chi connectivity index (χ0v) is 19.3. The minimum absolute atomic E-state index is 0.157. The van der Waals surface area contributed by atoms with E-state index in [1.807, 2.05) is 36.4 Å². The van der Waals surface area contributed by atoms with E-state index in [9.17, 15) is 9.59 Å². The molecule has 1 heterocycles. The van der Waals surface area contributed by atoms with Gasteiger partial charge in [0.2, 0.25) is 0 Å². The van der Waals surface area contributed by atoms with Crippen molar-refractivity contribution in [3.63, 3.8) is 0 Å². The molecule has 2 amide bonds. The molecule has 3 aromatic carbocycles. The maximum absolute atomic E-state index is 12.5. The molecule has 0 fully saturated rings. The molecule has 0 bridgehead atoms. The van der Waals surface area contributed by atoms with E-state index in [2.05, 4.69) is 55.4 Å². The van der Waals surface area contributed by atoms with Crippen molar-refractivity contribution in [1.82, 2.24) is 4.98 Å². The molecule has 32 heavy (non-hydrogen) atoms. The number of amides is 2. The van der Waals surface area contributed by atoms with E-state index >= 15 is 0 Å². The van der Waals surface area contributed by atoms with Crippen molar-refractivity contribution in [2.24, 2.45) is 0 Å². The Balaban J connectivity index is 1.45. The Labute approximate surface area is 191 Å². The van der Waals surface area contributed by atoms with Crippen molar-refractivity contribution in [2.75, 3.05) is 10.6 Å². The number of hydrogen-bond donors (Lipinski definition) is 2. The van der Waals surface area contributed by atoms with Gasteiger partial charge < -0.3 is 10.6 Å². The largest absolute Gasteiger partial charge is 0.318 e. The Morgan fingerprint density at radius 3 is 2.28 bits per heavy atom. The van der Waals surface area contributed by atoms with Gasteiger partial charge in [-0.05, 0) is 65.9 Å². The van der Waals surface area contributed by atoms with E-state index in [1.165, 1.54) is 5.56 Å². The van der Waals surface area contributed by atoms with Gasteiger partial charge in [0, 0.05) is 16.9 Å². The summed E-state index contributed by atoms with van der Waals surface area (Å²) in [7, 11) is 0. The highest BCUT2D eigenvalue weighted by atomic mass is 32.1. The fourth-order valence-corrected chi connectivity index (χ4v) is 4.53. The van der Waals surface area contributed by atoms with Gasteiger partial charge in [0.15, 0.2) is 0 Å². The first-order chi connectivity index (χ1) is 15.2. The predicted octanol–water partition coefficient (Wildman–Crippen LogP) is 6.15. The maximum Gasteiger partial charge on any atom is 0.314 e. The summed E-state index contributed by atoms with van der Waals surface area (Å²) in [6, 6.07) is 21.1. The fourth-order valence-electron chi connectivity index (χ4n) is 3.46. The molecule has 0 saturated carbocycles. The summed E-state index contributed by atoms with van der Waals surface area (Å²) in [6.07, 6.45) is 0. The molecule has 0 aliphatic carbocycles. The second kappa shape index (κ2) is 8.55. The third-order valence-electron chi connectivity index (χ3n) is 5.12. The topological polar surface area (TPSA) is 71.1 Å². The smallest absolute Gasteiger partial charge is 0.314 e. The highest BCUT2D eigenvalue weighted by Gasteiger charge is 2.21. The number of para-hydroxylation sites is 1. The van der Waals surface area contributed by atoms with Crippen molar-refractivity contribution in [2.45, 2.75) is 33.1 Å². The number of aryl methyl sites for hydroxylation is 1. The average Bonchev–Trinajstić information content (AvgIpc) is 3.17. The Morgan fingerprint density at radius 2 is 1.56 bits per heavy atom. The van der Waals surface area contributed by atoms with Gasteiger partial charge in [-0.15, -0.1) is 11.3 Å². The van der Waals surface area contributed by atoms with E-state index in [-0.39, 0.29) is 5.41 Å². The quantitative estimate of drug-likeness (QED) is 0.373. The van der Waals surface area contributed by atoms with Crippen molar-refractivity contribution in [3.8, 4) is 10.6 Å². The van der Waals surface area contributed by atoms with Crippen LogP contribution in [-0.2, 0) is 15.0 Å². The molecular formula is C26H25N3O2S. The lowest BCUT2D eigenvalue weighted by molar-refractivity contribution is -0.133. The molecule has 0 unspecified atom stereocenters. The third kappa shape index (κ3) is 4.70. The Bertz CT molecular complexity index is 1300. The van der Waals surface area contributed by atoms with Gasteiger partial charge in [0.05, 0.1) is 10.2 Å². The zero-order chi connectivity index (χ0) is 22.9. The molecule has 0 spiro atoms. The van der Waals surface area contributed by atoms with Gasteiger partial charge in [-0.3, -0.25) is 9.59 Å². The highest BCUT2D eigenvalue weighted by molar-refractivity contribution is 7.21. The molecule has 0 aliphatic rings. The molecule has 0 atom stereocenters. The molecule has 2 N–H and O–H groups in total. The second-order valence-electron chi connectivity index (χ2n) is 8.77. The molecule has 0 radical (unpaired) electrons. The number of hydrogen-bond acceptors (Lipinski definition) is 4. The van der Waals surface area contributed by atoms with Crippen LogP contribution in [-0.4, -0.2) is 16.8 Å². The van der Waals surface area contributed by atoms with Gasteiger partial charge in [-0.1, -0.05) is 45.0 Å². The molecular weight excluding hydrogens is 418 g/mol. The summed E-state index contributed by atoms with van der Waals surface area (Å²) < 4.78 is 1.14. The highest BCUT2D eigenvalue weighted by Crippen LogP contribution is 2.31. The number of rotatable bonds is 3. The summed E-state index contributed by atoms with van der Waals surface area (Å²) >= 11 is 1.63. The molecule has 162 valence electrons. The number of carbonyl (C=O) groups excluding carboxylic acids is 2. The summed E-state index contributed by atoms with van der Waals surface area (Å²) in [4.78, 5) is 29.6. The van der Waals surface area contributed by atoms with E-state index in [0.29, 0.717) is 11.4 Å². The minimum Gasteiger partial charge on any atom is -0.318 e. The molecule has 0 saturated heterocycles. The van der Waals surface area contributed by atoms with Gasteiger partial charge in [0.1, 0.15) is 5.01 Å². The summed E-state index contributed by atoms with van der Waals surface area (Å²) in [5, 5.41) is 6.32. The first kappa shape index (κ1) is 21.7. The van der Waals surface area contributed by atoms with Crippen molar-refractivity contribution in [3.05, 3.63) is 77.9 Å². The number of aromatic nitrogens is 1. The monoisotopic (exact) mass is 443 g/mol. The van der Waals surface area contributed by atoms with Crippen LogP contribution in [0.25, 0.3) is 20.8 Å². The second-order valence-corrected chi connectivity index (χ2v) is 9.80. The summed E-state index contributed by atoms with van der Waals surface area (Å²) in [6.45, 7) is 8.25. The maximum atomic E-state index is 12.5. The summed E-state index contributed by atoms with van der Waals surface area (Å²) in [5.74, 6) is -1.41. The zero-order valence-electron chi connectivity index (χ0n) is 18.5. The van der Waals surface area contributed by atoms with Crippen LogP contribution in [0.2, 0.25) is 0 Å². The van der Waals surface area contributed by atoms with Crippen LogP contribution in [0, 0.1) is 6.92 Å².